The van der Waals surface area contributed by atoms with Gasteiger partial charge in [0.15, 0.2) is 11.6 Å². The number of H-pyrrole nitrogens is 1. The number of pyridine rings is 1. The van der Waals surface area contributed by atoms with Gasteiger partial charge in [0.05, 0.1) is 17.5 Å². The van der Waals surface area contributed by atoms with Gasteiger partial charge in [-0.15, -0.1) is 0 Å². The van der Waals surface area contributed by atoms with Crippen LogP contribution in [-0.4, -0.2) is 38.6 Å². The van der Waals surface area contributed by atoms with Crippen molar-refractivity contribution < 1.29 is 19.8 Å². The number of rotatable bonds is 8. The van der Waals surface area contributed by atoms with Crippen molar-refractivity contribution in [2.24, 2.45) is 10.7 Å². The van der Waals surface area contributed by atoms with Gasteiger partial charge in [-0.05, 0) is 43.2 Å². The molecule has 11 nitrogen and oxygen atoms in total. The summed E-state index contributed by atoms with van der Waals surface area (Å²) >= 11 is 0. The molecule has 0 unspecified atom stereocenters. The van der Waals surface area contributed by atoms with Gasteiger partial charge < -0.3 is 32.0 Å². The smallest absolute Gasteiger partial charge is 0.335 e. The quantitative estimate of drug-likeness (QED) is 0.142. The SMILES string of the molecule is CC(C)=Nc1[nH]c(=O)c(-c2cc(N)cc(C(=O)O)c2)c(CC(=O)NCc2ccc(C(=N)N)cc2)c1O. The zero-order valence-electron chi connectivity index (χ0n) is 19.7. The molecule has 0 aliphatic rings. The third kappa shape index (κ3) is 5.95. The van der Waals surface area contributed by atoms with Crippen molar-refractivity contribution in [1.29, 1.82) is 5.41 Å². The lowest BCUT2D eigenvalue weighted by molar-refractivity contribution is -0.120. The van der Waals surface area contributed by atoms with Crippen LogP contribution in [0, 0.1) is 5.41 Å². The molecule has 0 aliphatic carbocycles. The Morgan fingerprint density at radius 1 is 1.11 bits per heavy atom. The zero-order valence-corrected chi connectivity index (χ0v) is 19.7. The number of carboxylic acid groups (broad SMARTS) is 1. The lowest BCUT2D eigenvalue weighted by atomic mass is 9.96. The maximum atomic E-state index is 13.1. The van der Waals surface area contributed by atoms with Crippen molar-refractivity contribution in [1.82, 2.24) is 10.3 Å². The minimum Gasteiger partial charge on any atom is -0.504 e. The Kier molecular flexibility index (Phi) is 7.53. The number of hydrogen-bond donors (Lipinski definition) is 7. The van der Waals surface area contributed by atoms with E-state index in [1.54, 1.807) is 38.1 Å². The van der Waals surface area contributed by atoms with Gasteiger partial charge in [0, 0.05) is 29.1 Å². The van der Waals surface area contributed by atoms with Gasteiger partial charge in [-0.1, -0.05) is 24.3 Å². The average Bonchev–Trinajstić information content (AvgIpc) is 2.80. The van der Waals surface area contributed by atoms with E-state index in [2.05, 4.69) is 15.3 Å². The molecule has 0 saturated carbocycles. The molecule has 0 aliphatic heterocycles. The fourth-order valence-electron chi connectivity index (χ4n) is 3.55. The van der Waals surface area contributed by atoms with Gasteiger partial charge in [0.1, 0.15) is 5.84 Å². The predicted molar refractivity (Wildman–Crippen MR) is 137 cm³/mol. The summed E-state index contributed by atoms with van der Waals surface area (Å²) in [7, 11) is 0. The van der Waals surface area contributed by atoms with Gasteiger partial charge in [0.25, 0.3) is 5.56 Å². The summed E-state index contributed by atoms with van der Waals surface area (Å²) in [6.07, 6.45) is -0.390. The van der Waals surface area contributed by atoms with Crippen LogP contribution in [0.4, 0.5) is 11.5 Å². The Morgan fingerprint density at radius 3 is 2.36 bits per heavy atom. The number of hydrogen-bond acceptors (Lipinski definition) is 7. The van der Waals surface area contributed by atoms with Crippen molar-refractivity contribution in [2.45, 2.75) is 26.8 Å². The fraction of sp³-hybridized carbons (Fsp3) is 0.160. The average molecular weight is 491 g/mol. The Balaban J connectivity index is 2.01. The molecular formula is C25H26N6O5. The van der Waals surface area contributed by atoms with E-state index < -0.39 is 23.2 Å². The molecule has 0 spiro atoms. The largest absolute Gasteiger partial charge is 0.504 e. The number of amides is 1. The van der Waals surface area contributed by atoms with Crippen LogP contribution in [-0.2, 0) is 17.8 Å². The highest BCUT2D eigenvalue weighted by Gasteiger charge is 2.22. The molecule has 0 fully saturated rings. The molecule has 11 heteroatoms. The first kappa shape index (κ1) is 25.7. The third-order valence-electron chi connectivity index (χ3n) is 5.19. The summed E-state index contributed by atoms with van der Waals surface area (Å²) in [5.41, 5.74) is 12.4. The van der Waals surface area contributed by atoms with Crippen LogP contribution in [0.2, 0.25) is 0 Å². The monoisotopic (exact) mass is 490 g/mol. The molecule has 1 amide bonds. The van der Waals surface area contributed by atoms with Crippen molar-refractivity contribution >= 4 is 34.9 Å². The Morgan fingerprint density at radius 2 is 1.78 bits per heavy atom. The molecule has 1 aromatic heterocycles. The number of nitrogens with two attached hydrogens (primary N) is 2. The minimum absolute atomic E-state index is 0.0230. The maximum Gasteiger partial charge on any atom is 0.335 e. The van der Waals surface area contributed by atoms with E-state index in [-0.39, 0.29) is 52.6 Å². The number of aromatic carboxylic acids is 1. The Hall–Kier alpha value is -4.93. The molecule has 0 saturated heterocycles. The van der Waals surface area contributed by atoms with Crippen LogP contribution in [0.3, 0.4) is 0 Å². The fourth-order valence-corrected chi connectivity index (χ4v) is 3.55. The van der Waals surface area contributed by atoms with Crippen LogP contribution >= 0.6 is 0 Å². The number of nitrogens with zero attached hydrogens (tertiary/aromatic N) is 1. The number of aromatic amines is 1. The lowest BCUT2D eigenvalue weighted by Crippen LogP contribution is -2.26. The second-order valence-corrected chi connectivity index (χ2v) is 8.28. The minimum atomic E-state index is -1.25. The molecule has 1 heterocycles. The molecule has 3 rings (SSSR count). The highest BCUT2D eigenvalue weighted by atomic mass is 16.4. The number of aromatic nitrogens is 1. The summed E-state index contributed by atoms with van der Waals surface area (Å²) in [6, 6.07) is 10.6. The van der Waals surface area contributed by atoms with E-state index in [4.69, 9.17) is 16.9 Å². The topological polar surface area (TPSA) is 208 Å². The number of nitrogens with one attached hydrogen (secondary N) is 3. The van der Waals surface area contributed by atoms with Crippen molar-refractivity contribution in [3.63, 3.8) is 0 Å². The Labute approximate surface area is 206 Å². The predicted octanol–water partition coefficient (Wildman–Crippen LogP) is 2.28. The van der Waals surface area contributed by atoms with E-state index in [1.165, 1.54) is 18.2 Å². The van der Waals surface area contributed by atoms with Gasteiger partial charge in [-0.3, -0.25) is 15.0 Å². The number of carbonyl (C=O) groups excluding carboxylic acids is 1. The van der Waals surface area contributed by atoms with E-state index in [0.29, 0.717) is 11.3 Å². The molecule has 36 heavy (non-hydrogen) atoms. The number of carboxylic acids is 1. The second-order valence-electron chi connectivity index (χ2n) is 8.28. The molecule has 2 aromatic carbocycles. The second kappa shape index (κ2) is 10.6. The van der Waals surface area contributed by atoms with E-state index in [1.807, 2.05) is 0 Å². The van der Waals surface area contributed by atoms with E-state index >= 15 is 0 Å². The van der Waals surface area contributed by atoms with Crippen LogP contribution in [0.1, 0.15) is 40.9 Å². The zero-order chi connectivity index (χ0) is 26.6. The number of nitrogen functional groups attached to an aromatic ring is 2. The molecule has 186 valence electrons. The van der Waals surface area contributed by atoms with Gasteiger partial charge in [-0.2, -0.15) is 0 Å². The Bertz CT molecular complexity index is 1440. The number of aliphatic imine (C=N–C) groups is 1. The molecule has 0 atom stereocenters. The van der Waals surface area contributed by atoms with Crippen LogP contribution in [0.5, 0.6) is 5.75 Å². The molecule has 9 N–H and O–H groups in total. The number of aromatic hydroxyl groups is 1. The summed E-state index contributed by atoms with van der Waals surface area (Å²) in [4.78, 5) is 44.0. The van der Waals surface area contributed by atoms with Crippen molar-refractivity contribution in [3.8, 4) is 16.9 Å². The van der Waals surface area contributed by atoms with Crippen LogP contribution in [0.15, 0.2) is 52.3 Å². The first-order valence-electron chi connectivity index (χ1n) is 10.8. The summed E-state index contributed by atoms with van der Waals surface area (Å²) < 4.78 is 0. The van der Waals surface area contributed by atoms with Crippen molar-refractivity contribution in [2.75, 3.05) is 5.73 Å². The van der Waals surface area contributed by atoms with Gasteiger partial charge in [0.2, 0.25) is 5.91 Å². The summed E-state index contributed by atoms with van der Waals surface area (Å²) in [5.74, 6) is -2.35. The number of carbonyl (C=O) groups is 2. The molecule has 0 bridgehead atoms. The highest BCUT2D eigenvalue weighted by molar-refractivity contribution is 5.95. The van der Waals surface area contributed by atoms with E-state index in [0.717, 1.165) is 5.56 Å². The standard InChI is InChI=1S/C25H26N6O5/c1-12(2)30-23-21(33)18(10-19(32)29-11-13-3-5-14(6-4-13)22(27)28)20(24(34)31-23)15-7-16(25(35)36)9-17(26)8-15/h3-9,33H,10-11,26H2,1-2H3,(H3,27,28)(H,29,32)(H,31,34)(H,35,36). The molecule has 0 radical (unpaired) electrons. The number of benzene rings is 2. The molecule has 3 aromatic rings. The van der Waals surface area contributed by atoms with Gasteiger partial charge >= 0.3 is 5.97 Å². The van der Waals surface area contributed by atoms with Gasteiger partial charge in [-0.25, -0.2) is 9.79 Å². The highest BCUT2D eigenvalue weighted by Crippen LogP contribution is 2.35. The van der Waals surface area contributed by atoms with E-state index in [9.17, 15) is 24.6 Å². The number of anilines is 1. The summed E-state index contributed by atoms with van der Waals surface area (Å²) in [6.45, 7) is 3.50. The normalized spacial score (nSPS) is 10.5. The van der Waals surface area contributed by atoms with Crippen LogP contribution < -0.4 is 22.3 Å². The maximum absolute atomic E-state index is 13.1. The number of amidine groups is 1. The first-order chi connectivity index (χ1) is 17.0. The summed E-state index contributed by atoms with van der Waals surface area (Å²) in [5, 5.41) is 30.5. The lowest BCUT2D eigenvalue weighted by Gasteiger charge is -2.14. The molecular weight excluding hydrogens is 464 g/mol. The van der Waals surface area contributed by atoms with Crippen molar-refractivity contribution in [3.05, 3.63) is 75.1 Å². The third-order valence-corrected chi connectivity index (χ3v) is 5.19. The van der Waals surface area contributed by atoms with Crippen LogP contribution in [0.25, 0.3) is 11.1 Å². The first-order valence-corrected chi connectivity index (χ1v) is 10.8.